The van der Waals surface area contributed by atoms with Crippen molar-refractivity contribution in [2.24, 2.45) is 5.92 Å². The molecule has 0 aromatic rings. The van der Waals surface area contributed by atoms with Crippen LogP contribution < -0.4 is 0 Å². The Bertz CT molecular complexity index is 219. The number of carbonyl (C=O) groups is 1. The normalized spacial score (nSPS) is 13.9. The smallest absolute Gasteiger partial charge is 0.337 e. The monoisotopic (exact) mass is 214 g/mol. The van der Waals surface area contributed by atoms with E-state index in [0.717, 1.165) is 6.42 Å². The van der Waals surface area contributed by atoms with Gasteiger partial charge in [-0.05, 0) is 26.2 Å². The van der Waals surface area contributed by atoms with Gasteiger partial charge >= 0.3 is 5.97 Å². The van der Waals surface area contributed by atoms with Gasteiger partial charge in [-0.25, -0.2) is 4.79 Å². The molecule has 0 spiro atoms. The zero-order chi connectivity index (χ0) is 11.8. The highest BCUT2D eigenvalue weighted by molar-refractivity contribution is 5.88. The molecular formula is C12H22O3. The molecule has 0 saturated heterocycles. The van der Waals surface area contributed by atoms with E-state index in [1.807, 2.05) is 13.8 Å². The van der Waals surface area contributed by atoms with Gasteiger partial charge in [0.05, 0.1) is 25.0 Å². The summed E-state index contributed by atoms with van der Waals surface area (Å²) in [6.45, 7) is 7.88. The molecule has 0 N–H and O–H groups in total. The maximum Gasteiger partial charge on any atom is 0.337 e. The molecule has 0 radical (unpaired) electrons. The second-order valence-electron chi connectivity index (χ2n) is 4.05. The molecule has 0 aliphatic carbocycles. The minimum atomic E-state index is -0.271. The molecule has 15 heavy (non-hydrogen) atoms. The van der Waals surface area contributed by atoms with E-state index in [1.54, 1.807) is 7.11 Å². The van der Waals surface area contributed by atoms with Crippen molar-refractivity contribution in [1.29, 1.82) is 0 Å². The van der Waals surface area contributed by atoms with Gasteiger partial charge in [0, 0.05) is 0 Å². The van der Waals surface area contributed by atoms with E-state index in [2.05, 4.69) is 13.8 Å². The summed E-state index contributed by atoms with van der Waals surface area (Å²) in [6, 6.07) is 0. The van der Waals surface area contributed by atoms with E-state index in [0.29, 0.717) is 17.9 Å². The molecule has 1 unspecified atom stereocenters. The van der Waals surface area contributed by atoms with E-state index >= 15 is 0 Å². The molecule has 0 aliphatic heterocycles. The van der Waals surface area contributed by atoms with Gasteiger partial charge < -0.3 is 9.47 Å². The predicted molar refractivity (Wildman–Crippen MR) is 60.4 cm³/mol. The Morgan fingerprint density at radius 1 is 1.33 bits per heavy atom. The van der Waals surface area contributed by atoms with Gasteiger partial charge in [-0.15, -0.1) is 0 Å². The fourth-order valence-corrected chi connectivity index (χ4v) is 1.13. The SMILES string of the molecule is CCC(C)CC(=COC)C(=O)OC(C)C. The van der Waals surface area contributed by atoms with Crippen LogP contribution in [0.1, 0.15) is 40.5 Å². The lowest BCUT2D eigenvalue weighted by molar-refractivity contribution is -0.143. The van der Waals surface area contributed by atoms with Crippen molar-refractivity contribution in [3.05, 3.63) is 11.8 Å². The lowest BCUT2D eigenvalue weighted by Crippen LogP contribution is -2.15. The van der Waals surface area contributed by atoms with Crippen LogP contribution in [0.4, 0.5) is 0 Å². The highest BCUT2D eigenvalue weighted by Gasteiger charge is 2.15. The fourth-order valence-electron chi connectivity index (χ4n) is 1.13. The van der Waals surface area contributed by atoms with E-state index in [4.69, 9.17) is 9.47 Å². The van der Waals surface area contributed by atoms with Crippen LogP contribution in [0.15, 0.2) is 11.8 Å². The molecule has 3 heteroatoms. The maximum absolute atomic E-state index is 11.6. The summed E-state index contributed by atoms with van der Waals surface area (Å²) >= 11 is 0. The van der Waals surface area contributed by atoms with Gasteiger partial charge in [-0.2, -0.15) is 0 Å². The predicted octanol–water partition coefficient (Wildman–Crippen LogP) is 2.90. The van der Waals surface area contributed by atoms with Gasteiger partial charge in [0.2, 0.25) is 0 Å². The third-order valence-electron chi connectivity index (χ3n) is 2.13. The molecular weight excluding hydrogens is 192 g/mol. The molecule has 0 bridgehead atoms. The van der Waals surface area contributed by atoms with Crippen LogP contribution in [0.3, 0.4) is 0 Å². The Hall–Kier alpha value is -0.990. The largest absolute Gasteiger partial charge is 0.504 e. The summed E-state index contributed by atoms with van der Waals surface area (Å²) in [5, 5.41) is 0. The number of hydrogen-bond acceptors (Lipinski definition) is 3. The molecule has 0 aromatic carbocycles. The quantitative estimate of drug-likeness (QED) is 0.387. The van der Waals surface area contributed by atoms with E-state index in [-0.39, 0.29) is 12.1 Å². The van der Waals surface area contributed by atoms with Crippen LogP contribution in [-0.4, -0.2) is 19.2 Å². The molecule has 88 valence electrons. The topological polar surface area (TPSA) is 35.5 Å². The minimum Gasteiger partial charge on any atom is -0.504 e. The molecule has 0 saturated carbocycles. The number of ether oxygens (including phenoxy) is 2. The van der Waals surface area contributed by atoms with Crippen molar-refractivity contribution < 1.29 is 14.3 Å². The van der Waals surface area contributed by atoms with Crippen molar-refractivity contribution in [2.75, 3.05) is 7.11 Å². The zero-order valence-corrected chi connectivity index (χ0v) is 10.4. The molecule has 0 aromatic heterocycles. The zero-order valence-electron chi connectivity index (χ0n) is 10.4. The molecule has 0 heterocycles. The number of carbonyl (C=O) groups excluding carboxylic acids is 1. The maximum atomic E-state index is 11.6. The molecule has 0 amide bonds. The fraction of sp³-hybridized carbons (Fsp3) is 0.750. The van der Waals surface area contributed by atoms with Gasteiger partial charge in [0.15, 0.2) is 0 Å². The van der Waals surface area contributed by atoms with Crippen LogP contribution in [-0.2, 0) is 14.3 Å². The van der Waals surface area contributed by atoms with Gasteiger partial charge in [0.1, 0.15) is 0 Å². The number of rotatable bonds is 6. The summed E-state index contributed by atoms with van der Waals surface area (Å²) < 4.78 is 10.0. The first-order valence-electron chi connectivity index (χ1n) is 5.44. The van der Waals surface area contributed by atoms with Crippen molar-refractivity contribution in [3.63, 3.8) is 0 Å². The summed E-state index contributed by atoms with van der Waals surface area (Å²) in [6.07, 6.45) is 3.14. The van der Waals surface area contributed by atoms with E-state index in [1.165, 1.54) is 6.26 Å². The van der Waals surface area contributed by atoms with Gasteiger partial charge in [-0.3, -0.25) is 0 Å². The Morgan fingerprint density at radius 2 is 1.93 bits per heavy atom. The Labute approximate surface area is 92.5 Å². The lowest BCUT2D eigenvalue weighted by Gasteiger charge is -2.13. The third-order valence-corrected chi connectivity index (χ3v) is 2.13. The first kappa shape index (κ1) is 14.0. The molecule has 1 atom stereocenters. The van der Waals surface area contributed by atoms with Crippen molar-refractivity contribution in [2.45, 2.75) is 46.6 Å². The van der Waals surface area contributed by atoms with Crippen molar-refractivity contribution in [1.82, 2.24) is 0 Å². The Balaban J connectivity index is 4.39. The van der Waals surface area contributed by atoms with Crippen molar-refractivity contribution in [3.8, 4) is 0 Å². The number of methoxy groups -OCH3 is 1. The number of esters is 1. The first-order chi connectivity index (χ1) is 7.01. The second kappa shape index (κ2) is 7.32. The third kappa shape index (κ3) is 6.15. The average Bonchev–Trinajstić information content (AvgIpc) is 2.15. The Morgan fingerprint density at radius 3 is 2.33 bits per heavy atom. The van der Waals surface area contributed by atoms with Crippen LogP contribution >= 0.6 is 0 Å². The highest BCUT2D eigenvalue weighted by Crippen LogP contribution is 2.16. The first-order valence-corrected chi connectivity index (χ1v) is 5.44. The summed E-state index contributed by atoms with van der Waals surface area (Å²) in [4.78, 5) is 11.6. The summed E-state index contributed by atoms with van der Waals surface area (Å²) in [5.74, 6) is 0.193. The molecule has 0 rings (SSSR count). The van der Waals surface area contributed by atoms with Gasteiger partial charge in [-0.1, -0.05) is 20.3 Å². The van der Waals surface area contributed by atoms with Crippen LogP contribution in [0.25, 0.3) is 0 Å². The van der Waals surface area contributed by atoms with E-state index in [9.17, 15) is 4.79 Å². The highest BCUT2D eigenvalue weighted by atomic mass is 16.5. The molecule has 3 nitrogen and oxygen atoms in total. The molecule has 0 fully saturated rings. The summed E-state index contributed by atoms with van der Waals surface area (Å²) in [5.41, 5.74) is 0.612. The van der Waals surface area contributed by atoms with Crippen LogP contribution in [0.5, 0.6) is 0 Å². The minimum absolute atomic E-state index is 0.0883. The summed E-state index contributed by atoms with van der Waals surface area (Å²) in [7, 11) is 1.54. The standard InChI is InChI=1S/C12H22O3/c1-6-10(4)7-11(8-14-5)12(13)15-9(2)3/h8-10H,6-7H2,1-5H3. The number of hydrogen-bond donors (Lipinski definition) is 0. The van der Waals surface area contributed by atoms with Crippen molar-refractivity contribution >= 4 is 5.97 Å². The second-order valence-corrected chi connectivity index (χ2v) is 4.05. The lowest BCUT2D eigenvalue weighted by atomic mass is 10.00. The van der Waals surface area contributed by atoms with E-state index < -0.39 is 0 Å². The average molecular weight is 214 g/mol. The van der Waals surface area contributed by atoms with Crippen LogP contribution in [0, 0.1) is 5.92 Å². The van der Waals surface area contributed by atoms with Crippen LogP contribution in [0.2, 0.25) is 0 Å². The molecule has 0 aliphatic rings. The van der Waals surface area contributed by atoms with Gasteiger partial charge in [0.25, 0.3) is 0 Å². The Kier molecular flexibility index (Phi) is 6.84.